The second-order valence-corrected chi connectivity index (χ2v) is 3.53. The fourth-order valence-corrected chi connectivity index (χ4v) is 1.38. The number of methoxy groups -OCH3 is 1. The predicted octanol–water partition coefficient (Wildman–Crippen LogP) is 1.61. The lowest BCUT2D eigenvalue weighted by molar-refractivity contribution is -0.141. The van der Waals surface area contributed by atoms with E-state index < -0.39 is 12.0 Å². The van der Waals surface area contributed by atoms with E-state index in [1.165, 1.54) is 19.2 Å². The van der Waals surface area contributed by atoms with Gasteiger partial charge in [-0.05, 0) is 18.2 Å². The summed E-state index contributed by atoms with van der Waals surface area (Å²) in [5.41, 5.74) is 6.16. The summed E-state index contributed by atoms with van der Waals surface area (Å²) in [4.78, 5) is 11.0. The van der Waals surface area contributed by atoms with E-state index in [1.807, 2.05) is 0 Å². The molecular weight excluding hydrogens is 218 g/mol. The molecule has 1 aromatic rings. The van der Waals surface area contributed by atoms with Crippen molar-refractivity contribution in [1.29, 1.82) is 0 Å². The van der Waals surface area contributed by atoms with Crippen molar-refractivity contribution in [2.75, 3.05) is 7.11 Å². The van der Waals surface area contributed by atoms with Gasteiger partial charge in [0.15, 0.2) is 0 Å². The minimum absolute atomic E-state index is 0.00437. The summed E-state index contributed by atoms with van der Waals surface area (Å²) in [5.74, 6) is -0.405. The summed E-state index contributed by atoms with van der Waals surface area (Å²) in [6.07, 6.45) is 0.00437. The maximum Gasteiger partial charge on any atom is 0.307 e. The van der Waals surface area contributed by atoms with E-state index >= 15 is 0 Å². The first kappa shape index (κ1) is 11.8. The van der Waals surface area contributed by atoms with Gasteiger partial charge in [-0.25, -0.2) is 0 Å². The Morgan fingerprint density at radius 1 is 1.67 bits per heavy atom. The van der Waals surface area contributed by atoms with Crippen molar-refractivity contribution in [3.05, 3.63) is 28.8 Å². The number of halogens is 1. The topological polar surface area (TPSA) is 72.5 Å². The van der Waals surface area contributed by atoms with E-state index in [1.54, 1.807) is 6.07 Å². The molecule has 0 aliphatic rings. The highest BCUT2D eigenvalue weighted by Gasteiger charge is 2.15. The van der Waals surface area contributed by atoms with Gasteiger partial charge in [-0.3, -0.25) is 4.79 Å². The molecular formula is C10H12ClNO3. The van der Waals surface area contributed by atoms with Crippen molar-refractivity contribution in [2.24, 2.45) is 5.73 Å². The first-order valence-corrected chi connectivity index (χ1v) is 4.73. The monoisotopic (exact) mass is 229 g/mol. The Hall–Kier alpha value is -1.26. The number of phenolic OH excluding ortho intramolecular Hbond substituents is 1. The third kappa shape index (κ3) is 3.11. The van der Waals surface area contributed by atoms with Gasteiger partial charge >= 0.3 is 5.97 Å². The number of esters is 1. The van der Waals surface area contributed by atoms with Crippen LogP contribution in [0.4, 0.5) is 0 Å². The number of rotatable bonds is 3. The highest BCUT2D eigenvalue weighted by Crippen LogP contribution is 2.27. The number of phenols is 1. The molecule has 0 amide bonds. The van der Waals surface area contributed by atoms with Crippen molar-refractivity contribution in [3.63, 3.8) is 0 Å². The second kappa shape index (κ2) is 5.00. The van der Waals surface area contributed by atoms with Crippen LogP contribution in [-0.4, -0.2) is 18.2 Å². The number of aromatic hydroxyl groups is 1. The first-order chi connectivity index (χ1) is 7.04. The van der Waals surface area contributed by atoms with Crippen LogP contribution in [0.5, 0.6) is 5.75 Å². The molecule has 0 radical (unpaired) electrons. The molecule has 5 heteroatoms. The molecule has 0 saturated carbocycles. The van der Waals surface area contributed by atoms with E-state index in [9.17, 15) is 9.90 Å². The number of nitrogens with two attached hydrogens (primary N) is 1. The van der Waals surface area contributed by atoms with Gasteiger partial charge in [0.25, 0.3) is 0 Å². The molecule has 0 aliphatic heterocycles. The van der Waals surface area contributed by atoms with Gasteiger partial charge in [0, 0.05) is 16.6 Å². The van der Waals surface area contributed by atoms with Crippen molar-refractivity contribution in [1.82, 2.24) is 0 Å². The quantitative estimate of drug-likeness (QED) is 0.773. The van der Waals surface area contributed by atoms with E-state index in [0.717, 1.165) is 0 Å². The Morgan fingerprint density at radius 3 is 2.93 bits per heavy atom. The summed E-state index contributed by atoms with van der Waals surface area (Å²) in [6, 6.07) is 3.90. The minimum Gasteiger partial charge on any atom is -0.508 e. The zero-order chi connectivity index (χ0) is 11.4. The third-order valence-corrected chi connectivity index (χ3v) is 2.24. The Labute approximate surface area is 92.6 Å². The number of benzene rings is 1. The number of carbonyl (C=O) groups excluding carboxylic acids is 1. The lowest BCUT2D eigenvalue weighted by Gasteiger charge is -2.12. The smallest absolute Gasteiger partial charge is 0.307 e. The normalized spacial score (nSPS) is 12.2. The molecule has 4 nitrogen and oxygen atoms in total. The van der Waals surface area contributed by atoms with Gasteiger partial charge in [-0.2, -0.15) is 0 Å². The van der Waals surface area contributed by atoms with Crippen molar-refractivity contribution >= 4 is 17.6 Å². The molecule has 82 valence electrons. The molecule has 0 aromatic heterocycles. The van der Waals surface area contributed by atoms with E-state index in [-0.39, 0.29) is 12.2 Å². The zero-order valence-corrected chi connectivity index (χ0v) is 8.99. The van der Waals surface area contributed by atoms with Crippen LogP contribution in [0, 0.1) is 0 Å². The summed E-state index contributed by atoms with van der Waals surface area (Å²) in [6.45, 7) is 0. The minimum atomic E-state index is -0.615. The molecule has 0 spiro atoms. The molecule has 0 saturated heterocycles. The molecule has 0 unspecified atom stereocenters. The SMILES string of the molecule is COC(=O)C[C@H](N)c1cc(Cl)ccc1O. The van der Waals surface area contributed by atoms with E-state index in [0.29, 0.717) is 10.6 Å². The Balaban J connectivity index is 2.85. The maximum absolute atomic E-state index is 11.0. The van der Waals surface area contributed by atoms with Gasteiger partial charge in [0.05, 0.1) is 13.5 Å². The summed E-state index contributed by atoms with van der Waals surface area (Å²) < 4.78 is 4.48. The van der Waals surface area contributed by atoms with Gasteiger partial charge in [0.1, 0.15) is 5.75 Å². The summed E-state index contributed by atoms with van der Waals surface area (Å²) in [7, 11) is 1.28. The number of carbonyl (C=O) groups is 1. The lowest BCUT2D eigenvalue weighted by Crippen LogP contribution is -2.16. The maximum atomic E-state index is 11.0. The van der Waals surface area contributed by atoms with Crippen LogP contribution >= 0.6 is 11.6 Å². The largest absolute Gasteiger partial charge is 0.508 e. The average Bonchev–Trinajstić information content (AvgIpc) is 2.21. The second-order valence-electron chi connectivity index (χ2n) is 3.09. The van der Waals surface area contributed by atoms with Crippen LogP contribution in [0.15, 0.2) is 18.2 Å². The van der Waals surface area contributed by atoms with Crippen LogP contribution < -0.4 is 5.73 Å². The van der Waals surface area contributed by atoms with Gasteiger partial charge in [-0.1, -0.05) is 11.6 Å². The first-order valence-electron chi connectivity index (χ1n) is 4.35. The molecule has 0 aliphatic carbocycles. The Morgan fingerprint density at radius 2 is 2.33 bits per heavy atom. The molecule has 15 heavy (non-hydrogen) atoms. The zero-order valence-electron chi connectivity index (χ0n) is 8.24. The molecule has 1 atom stereocenters. The molecule has 3 N–H and O–H groups in total. The summed E-state index contributed by atoms with van der Waals surface area (Å²) in [5, 5.41) is 9.96. The van der Waals surface area contributed by atoms with Gasteiger partial charge < -0.3 is 15.6 Å². The van der Waals surface area contributed by atoms with Crippen molar-refractivity contribution in [2.45, 2.75) is 12.5 Å². The van der Waals surface area contributed by atoms with Crippen molar-refractivity contribution < 1.29 is 14.6 Å². The highest BCUT2D eigenvalue weighted by molar-refractivity contribution is 6.30. The number of hydrogen-bond donors (Lipinski definition) is 2. The molecule has 1 rings (SSSR count). The van der Waals surface area contributed by atoms with Gasteiger partial charge in [0.2, 0.25) is 0 Å². The van der Waals surface area contributed by atoms with Crippen LogP contribution in [-0.2, 0) is 9.53 Å². The number of hydrogen-bond acceptors (Lipinski definition) is 4. The third-order valence-electron chi connectivity index (χ3n) is 2.00. The molecule has 1 aromatic carbocycles. The fraction of sp³-hybridized carbons (Fsp3) is 0.300. The lowest BCUT2D eigenvalue weighted by atomic mass is 10.0. The molecule has 0 fully saturated rings. The van der Waals surface area contributed by atoms with Crippen LogP contribution in [0.3, 0.4) is 0 Å². The van der Waals surface area contributed by atoms with E-state index in [2.05, 4.69) is 4.74 Å². The average molecular weight is 230 g/mol. The Bertz CT molecular complexity index is 368. The highest BCUT2D eigenvalue weighted by atomic mass is 35.5. The predicted molar refractivity (Wildman–Crippen MR) is 56.7 cm³/mol. The molecule has 0 bridgehead atoms. The van der Waals surface area contributed by atoms with E-state index in [4.69, 9.17) is 17.3 Å². The van der Waals surface area contributed by atoms with Crippen LogP contribution in [0.2, 0.25) is 5.02 Å². The summed E-state index contributed by atoms with van der Waals surface area (Å²) >= 11 is 5.75. The van der Waals surface area contributed by atoms with Crippen LogP contribution in [0.1, 0.15) is 18.0 Å². The fourth-order valence-electron chi connectivity index (χ4n) is 1.20. The Kier molecular flexibility index (Phi) is 3.94. The molecule has 0 heterocycles. The van der Waals surface area contributed by atoms with Crippen LogP contribution in [0.25, 0.3) is 0 Å². The number of ether oxygens (including phenoxy) is 1. The standard InChI is InChI=1S/C10H12ClNO3/c1-15-10(14)5-8(12)7-4-6(11)2-3-9(7)13/h2-4,8,13H,5,12H2,1H3/t8-/m0/s1. The van der Waals surface area contributed by atoms with Crippen molar-refractivity contribution in [3.8, 4) is 5.75 Å². The van der Waals surface area contributed by atoms with Gasteiger partial charge in [-0.15, -0.1) is 0 Å².